The van der Waals surface area contributed by atoms with Gasteiger partial charge in [0.15, 0.2) is 0 Å². The molecular weight excluding hydrogens is 374 g/mol. The third kappa shape index (κ3) is 5.97. The average Bonchev–Trinajstić information content (AvgIpc) is 2.75. The number of benzene rings is 1. The Morgan fingerprint density at radius 3 is 2.79 bits per heavy atom. The van der Waals surface area contributed by atoms with Crippen molar-refractivity contribution in [3.8, 4) is 0 Å². The van der Waals surface area contributed by atoms with Crippen LogP contribution in [0.15, 0.2) is 36.5 Å². The number of carbonyl (C=O) groups excluding carboxylic acids is 2. The Hall–Kier alpha value is -3.04. The third-order valence-electron chi connectivity index (χ3n) is 4.37. The Balaban J connectivity index is 1.61. The molecule has 1 saturated heterocycles. The summed E-state index contributed by atoms with van der Waals surface area (Å²) in [6.45, 7) is 6.51. The van der Waals surface area contributed by atoms with Gasteiger partial charge in [-0.05, 0) is 25.1 Å². The molecule has 1 aromatic heterocycles. The van der Waals surface area contributed by atoms with Crippen molar-refractivity contribution in [3.05, 3.63) is 47.8 Å². The van der Waals surface area contributed by atoms with Crippen molar-refractivity contribution < 1.29 is 19.1 Å². The van der Waals surface area contributed by atoms with Crippen molar-refractivity contribution in [2.24, 2.45) is 0 Å². The third-order valence-corrected chi connectivity index (χ3v) is 4.37. The Morgan fingerprint density at radius 1 is 1.21 bits per heavy atom. The van der Waals surface area contributed by atoms with Gasteiger partial charge in [-0.1, -0.05) is 12.1 Å². The van der Waals surface area contributed by atoms with Crippen LogP contribution in [0.25, 0.3) is 0 Å². The summed E-state index contributed by atoms with van der Waals surface area (Å²) < 4.78 is 10.4. The molecule has 0 atom stereocenters. The molecule has 0 saturated carbocycles. The number of nitrogens with zero attached hydrogens (tertiary/aromatic N) is 3. The van der Waals surface area contributed by atoms with Crippen LogP contribution in [-0.2, 0) is 9.47 Å². The summed E-state index contributed by atoms with van der Waals surface area (Å²) in [5.41, 5.74) is 1.13. The predicted molar refractivity (Wildman–Crippen MR) is 107 cm³/mol. The van der Waals surface area contributed by atoms with Crippen LogP contribution in [0, 0.1) is 0 Å². The summed E-state index contributed by atoms with van der Waals surface area (Å²) in [4.78, 5) is 35.1. The Bertz CT molecular complexity index is 839. The number of hydrogen-bond acceptors (Lipinski definition) is 8. The van der Waals surface area contributed by atoms with E-state index < -0.39 is 5.97 Å². The summed E-state index contributed by atoms with van der Waals surface area (Å²) in [5, 5.41) is 5.86. The molecule has 2 heterocycles. The minimum absolute atomic E-state index is 0.225. The molecule has 9 heteroatoms. The highest BCUT2D eigenvalue weighted by molar-refractivity contribution is 5.96. The monoisotopic (exact) mass is 399 g/mol. The van der Waals surface area contributed by atoms with Gasteiger partial charge in [0, 0.05) is 32.4 Å². The van der Waals surface area contributed by atoms with Crippen LogP contribution in [-0.4, -0.2) is 72.7 Å². The molecule has 1 aromatic carbocycles. The minimum Gasteiger partial charge on any atom is -0.462 e. The van der Waals surface area contributed by atoms with Gasteiger partial charge in [0.05, 0.1) is 31.1 Å². The lowest BCUT2D eigenvalue weighted by atomic mass is 10.2. The second kappa shape index (κ2) is 10.5. The Kier molecular flexibility index (Phi) is 7.48. The van der Waals surface area contributed by atoms with Gasteiger partial charge in [-0.2, -0.15) is 0 Å². The van der Waals surface area contributed by atoms with Crippen LogP contribution < -0.4 is 10.6 Å². The van der Waals surface area contributed by atoms with E-state index in [4.69, 9.17) is 9.47 Å². The number of aromatic nitrogens is 2. The fraction of sp³-hybridized carbons (Fsp3) is 0.400. The second-order valence-electron chi connectivity index (χ2n) is 6.37. The van der Waals surface area contributed by atoms with Gasteiger partial charge in [0.2, 0.25) is 5.95 Å². The molecule has 29 heavy (non-hydrogen) atoms. The molecule has 154 valence electrons. The highest BCUT2D eigenvalue weighted by atomic mass is 16.5. The van der Waals surface area contributed by atoms with Gasteiger partial charge in [0.1, 0.15) is 5.69 Å². The van der Waals surface area contributed by atoms with Crippen LogP contribution in [0.1, 0.15) is 27.8 Å². The number of esters is 1. The number of anilines is 2. The fourth-order valence-electron chi connectivity index (χ4n) is 2.89. The van der Waals surface area contributed by atoms with Gasteiger partial charge < -0.3 is 20.1 Å². The summed E-state index contributed by atoms with van der Waals surface area (Å²) in [7, 11) is 0. The molecule has 0 unspecified atom stereocenters. The van der Waals surface area contributed by atoms with E-state index in [1.54, 1.807) is 37.3 Å². The molecule has 3 rings (SSSR count). The highest BCUT2D eigenvalue weighted by Crippen LogP contribution is 2.19. The molecule has 1 amide bonds. The van der Waals surface area contributed by atoms with E-state index in [1.807, 2.05) is 0 Å². The standard InChI is InChI=1S/C20H25N5O4/c1-2-29-19(27)15-5-3-4-6-16(15)23-20-22-8-7-17(24-20)18(26)21-9-10-25-11-13-28-14-12-25/h3-8H,2,9-14H2,1H3,(H,21,26)(H,22,23,24). The summed E-state index contributed by atoms with van der Waals surface area (Å²) in [5.74, 6) is -0.488. The Labute approximate surface area is 169 Å². The summed E-state index contributed by atoms with van der Waals surface area (Å²) in [6, 6.07) is 8.46. The van der Waals surface area contributed by atoms with Gasteiger partial charge in [0.25, 0.3) is 5.91 Å². The zero-order chi connectivity index (χ0) is 20.5. The fourth-order valence-corrected chi connectivity index (χ4v) is 2.89. The predicted octanol–water partition coefficient (Wildman–Crippen LogP) is 1.46. The molecule has 0 spiro atoms. The molecule has 0 aliphatic carbocycles. The largest absolute Gasteiger partial charge is 0.462 e. The lowest BCUT2D eigenvalue weighted by molar-refractivity contribution is 0.0383. The van der Waals surface area contributed by atoms with Crippen molar-refractivity contribution in [1.82, 2.24) is 20.2 Å². The van der Waals surface area contributed by atoms with E-state index in [9.17, 15) is 9.59 Å². The zero-order valence-electron chi connectivity index (χ0n) is 16.4. The maximum atomic E-state index is 12.4. The van der Waals surface area contributed by atoms with Crippen LogP contribution in [0.2, 0.25) is 0 Å². The van der Waals surface area contributed by atoms with E-state index in [2.05, 4.69) is 25.5 Å². The molecule has 2 N–H and O–H groups in total. The highest BCUT2D eigenvalue weighted by Gasteiger charge is 2.15. The molecule has 1 aliphatic rings. The van der Waals surface area contributed by atoms with Gasteiger partial charge in [-0.3, -0.25) is 9.69 Å². The van der Waals surface area contributed by atoms with Crippen molar-refractivity contribution >= 4 is 23.5 Å². The molecule has 1 aliphatic heterocycles. The van der Waals surface area contributed by atoms with Crippen LogP contribution in [0.3, 0.4) is 0 Å². The number of amides is 1. The number of hydrogen-bond donors (Lipinski definition) is 2. The number of nitrogens with one attached hydrogen (secondary N) is 2. The first-order chi connectivity index (χ1) is 14.2. The van der Waals surface area contributed by atoms with Crippen molar-refractivity contribution in [2.45, 2.75) is 6.92 Å². The molecule has 0 radical (unpaired) electrons. The van der Waals surface area contributed by atoms with Crippen LogP contribution in [0.4, 0.5) is 11.6 Å². The van der Waals surface area contributed by atoms with E-state index in [0.717, 1.165) is 32.8 Å². The van der Waals surface area contributed by atoms with Gasteiger partial charge in [-0.15, -0.1) is 0 Å². The Morgan fingerprint density at radius 2 is 2.00 bits per heavy atom. The first-order valence-corrected chi connectivity index (χ1v) is 9.62. The summed E-state index contributed by atoms with van der Waals surface area (Å²) in [6.07, 6.45) is 1.50. The zero-order valence-corrected chi connectivity index (χ0v) is 16.4. The maximum Gasteiger partial charge on any atom is 0.340 e. The SMILES string of the molecule is CCOC(=O)c1ccccc1Nc1nccc(C(=O)NCCN2CCOCC2)n1. The number of rotatable bonds is 8. The average molecular weight is 399 g/mol. The lowest BCUT2D eigenvalue weighted by Gasteiger charge is -2.26. The lowest BCUT2D eigenvalue weighted by Crippen LogP contribution is -2.41. The van der Waals surface area contributed by atoms with E-state index in [1.165, 1.54) is 6.20 Å². The minimum atomic E-state index is -0.437. The van der Waals surface area contributed by atoms with Crippen molar-refractivity contribution in [2.75, 3.05) is 51.3 Å². The first kappa shape index (κ1) is 20.7. The maximum absolute atomic E-state index is 12.4. The smallest absolute Gasteiger partial charge is 0.340 e. The first-order valence-electron chi connectivity index (χ1n) is 9.62. The van der Waals surface area contributed by atoms with E-state index in [0.29, 0.717) is 17.8 Å². The topological polar surface area (TPSA) is 106 Å². The van der Waals surface area contributed by atoms with Crippen molar-refractivity contribution in [1.29, 1.82) is 0 Å². The van der Waals surface area contributed by atoms with E-state index in [-0.39, 0.29) is 24.2 Å². The second-order valence-corrected chi connectivity index (χ2v) is 6.37. The number of ether oxygens (including phenoxy) is 2. The number of para-hydroxylation sites is 1. The van der Waals surface area contributed by atoms with Crippen molar-refractivity contribution in [3.63, 3.8) is 0 Å². The summed E-state index contributed by atoms with van der Waals surface area (Å²) >= 11 is 0. The molecule has 2 aromatic rings. The van der Waals surface area contributed by atoms with Gasteiger partial charge in [-0.25, -0.2) is 14.8 Å². The van der Waals surface area contributed by atoms with E-state index >= 15 is 0 Å². The van der Waals surface area contributed by atoms with Crippen LogP contribution >= 0.6 is 0 Å². The number of morpholine rings is 1. The molecular formula is C20H25N5O4. The molecule has 1 fully saturated rings. The normalized spacial score (nSPS) is 14.2. The number of carbonyl (C=O) groups is 2. The quantitative estimate of drug-likeness (QED) is 0.643. The molecule has 9 nitrogen and oxygen atoms in total. The van der Waals surface area contributed by atoms with Gasteiger partial charge >= 0.3 is 5.97 Å². The molecule has 0 bridgehead atoms. The van der Waals surface area contributed by atoms with Crippen LogP contribution in [0.5, 0.6) is 0 Å².